The van der Waals surface area contributed by atoms with Crippen molar-refractivity contribution in [2.24, 2.45) is 5.92 Å². The summed E-state index contributed by atoms with van der Waals surface area (Å²) in [4.78, 5) is 19.6. The molecule has 2 heterocycles. The van der Waals surface area contributed by atoms with E-state index in [1.165, 1.54) is 18.4 Å². The highest BCUT2D eigenvalue weighted by atomic mass is 16.3. The Morgan fingerprint density at radius 2 is 1.81 bits per heavy atom. The Morgan fingerprint density at radius 3 is 2.56 bits per heavy atom. The van der Waals surface area contributed by atoms with E-state index in [0.29, 0.717) is 18.2 Å². The summed E-state index contributed by atoms with van der Waals surface area (Å²) in [6.07, 6.45) is 5.03. The first-order chi connectivity index (χ1) is 13.2. The van der Waals surface area contributed by atoms with Gasteiger partial charge in [0.15, 0.2) is 0 Å². The molecule has 0 spiro atoms. The van der Waals surface area contributed by atoms with Gasteiger partial charge in [-0.2, -0.15) is 0 Å². The molecule has 2 aliphatic rings. The molecule has 0 saturated carbocycles. The molecule has 1 unspecified atom stereocenters. The summed E-state index contributed by atoms with van der Waals surface area (Å²) in [5.41, 5.74) is 1.35. The Morgan fingerprint density at radius 1 is 1.04 bits per heavy atom. The SMILES string of the molecule is O=C(CCC1CCCN(CCCO)C1)N1CCN(Cc2ccccc2)CC1. The predicted octanol–water partition coefficient (Wildman–Crippen LogP) is 2.21. The molecule has 5 nitrogen and oxygen atoms in total. The molecule has 0 aliphatic carbocycles. The maximum atomic E-state index is 12.6. The number of benzene rings is 1. The second kappa shape index (κ2) is 10.8. The quantitative estimate of drug-likeness (QED) is 0.759. The van der Waals surface area contributed by atoms with Crippen LogP contribution in [0.1, 0.15) is 37.7 Å². The highest BCUT2D eigenvalue weighted by Gasteiger charge is 2.24. The van der Waals surface area contributed by atoms with Gasteiger partial charge in [0.2, 0.25) is 5.91 Å². The first kappa shape index (κ1) is 20.3. The van der Waals surface area contributed by atoms with E-state index in [9.17, 15) is 4.79 Å². The van der Waals surface area contributed by atoms with Crippen LogP contribution >= 0.6 is 0 Å². The number of rotatable bonds is 8. The number of aliphatic hydroxyl groups excluding tert-OH is 1. The molecule has 0 aromatic heterocycles. The first-order valence-electron chi connectivity index (χ1n) is 10.6. The zero-order valence-corrected chi connectivity index (χ0v) is 16.6. The fraction of sp³-hybridized carbons (Fsp3) is 0.682. The zero-order valence-electron chi connectivity index (χ0n) is 16.6. The van der Waals surface area contributed by atoms with E-state index in [-0.39, 0.29) is 6.61 Å². The number of hydrogen-bond acceptors (Lipinski definition) is 4. The fourth-order valence-corrected chi connectivity index (χ4v) is 4.37. The third-order valence-corrected chi connectivity index (χ3v) is 5.98. The lowest BCUT2D eigenvalue weighted by Crippen LogP contribution is -2.48. The van der Waals surface area contributed by atoms with Gasteiger partial charge in [-0.25, -0.2) is 0 Å². The van der Waals surface area contributed by atoms with Gasteiger partial charge in [-0.1, -0.05) is 30.3 Å². The van der Waals surface area contributed by atoms with Crippen LogP contribution in [0, 0.1) is 5.92 Å². The summed E-state index contributed by atoms with van der Waals surface area (Å²) >= 11 is 0. The normalized spacial score (nSPS) is 22.1. The monoisotopic (exact) mass is 373 g/mol. The van der Waals surface area contributed by atoms with Gasteiger partial charge in [-0.15, -0.1) is 0 Å². The largest absolute Gasteiger partial charge is 0.396 e. The fourth-order valence-electron chi connectivity index (χ4n) is 4.37. The Labute approximate surface area is 163 Å². The molecule has 150 valence electrons. The van der Waals surface area contributed by atoms with Crippen molar-refractivity contribution >= 4 is 5.91 Å². The number of amides is 1. The van der Waals surface area contributed by atoms with E-state index >= 15 is 0 Å². The molecular formula is C22H35N3O2. The molecule has 1 N–H and O–H groups in total. The molecule has 1 amide bonds. The minimum absolute atomic E-state index is 0.274. The van der Waals surface area contributed by atoms with E-state index in [2.05, 4.69) is 45.0 Å². The van der Waals surface area contributed by atoms with E-state index in [1.807, 2.05) is 0 Å². The minimum atomic E-state index is 0.274. The molecule has 0 bridgehead atoms. The van der Waals surface area contributed by atoms with Crippen molar-refractivity contribution in [2.75, 3.05) is 52.4 Å². The van der Waals surface area contributed by atoms with Gasteiger partial charge in [-0.3, -0.25) is 9.69 Å². The number of piperazine rings is 1. The van der Waals surface area contributed by atoms with Gasteiger partial charge in [0, 0.05) is 58.8 Å². The van der Waals surface area contributed by atoms with Crippen molar-refractivity contribution in [3.05, 3.63) is 35.9 Å². The number of hydrogen-bond donors (Lipinski definition) is 1. The summed E-state index contributed by atoms with van der Waals surface area (Å²) in [5, 5.41) is 9.00. The third-order valence-electron chi connectivity index (χ3n) is 5.98. The molecule has 2 fully saturated rings. The average molecular weight is 374 g/mol. The molecule has 2 aliphatic heterocycles. The van der Waals surface area contributed by atoms with Crippen LogP contribution in [0.25, 0.3) is 0 Å². The lowest BCUT2D eigenvalue weighted by Gasteiger charge is -2.36. The molecule has 5 heteroatoms. The van der Waals surface area contributed by atoms with E-state index in [1.54, 1.807) is 0 Å². The van der Waals surface area contributed by atoms with Crippen molar-refractivity contribution in [1.29, 1.82) is 0 Å². The molecular weight excluding hydrogens is 338 g/mol. The predicted molar refractivity (Wildman–Crippen MR) is 108 cm³/mol. The molecule has 0 radical (unpaired) electrons. The van der Waals surface area contributed by atoms with Crippen LogP contribution < -0.4 is 0 Å². The van der Waals surface area contributed by atoms with Gasteiger partial charge >= 0.3 is 0 Å². The highest BCUT2D eigenvalue weighted by Crippen LogP contribution is 2.22. The van der Waals surface area contributed by atoms with Crippen molar-refractivity contribution < 1.29 is 9.90 Å². The summed E-state index contributed by atoms with van der Waals surface area (Å²) < 4.78 is 0. The smallest absolute Gasteiger partial charge is 0.222 e. The molecule has 2 saturated heterocycles. The van der Waals surface area contributed by atoms with Gasteiger partial charge in [0.1, 0.15) is 0 Å². The van der Waals surface area contributed by atoms with Crippen molar-refractivity contribution in [1.82, 2.24) is 14.7 Å². The van der Waals surface area contributed by atoms with E-state index in [0.717, 1.165) is 65.2 Å². The van der Waals surface area contributed by atoms with Crippen molar-refractivity contribution in [3.8, 4) is 0 Å². The molecule has 27 heavy (non-hydrogen) atoms. The summed E-state index contributed by atoms with van der Waals surface area (Å²) in [6, 6.07) is 10.6. The van der Waals surface area contributed by atoms with Crippen LogP contribution in [0.3, 0.4) is 0 Å². The average Bonchev–Trinajstić information content (AvgIpc) is 2.72. The standard InChI is InChI=1S/C22H35N3O2/c26-17-5-12-23-11-4-8-21(19-23)9-10-22(27)25-15-13-24(14-16-25)18-20-6-2-1-3-7-20/h1-3,6-7,21,26H,4-5,8-19H2. The Bertz CT molecular complexity index is 558. The first-order valence-corrected chi connectivity index (χ1v) is 10.6. The lowest BCUT2D eigenvalue weighted by molar-refractivity contribution is -0.133. The van der Waals surface area contributed by atoms with Crippen LogP contribution in [0.15, 0.2) is 30.3 Å². The molecule has 3 rings (SSSR count). The molecule has 1 atom stereocenters. The van der Waals surface area contributed by atoms with Gasteiger partial charge in [0.25, 0.3) is 0 Å². The Kier molecular flexibility index (Phi) is 8.11. The third kappa shape index (κ3) is 6.59. The summed E-state index contributed by atoms with van der Waals surface area (Å²) in [7, 11) is 0. The second-order valence-corrected chi connectivity index (χ2v) is 8.07. The van der Waals surface area contributed by atoms with Gasteiger partial charge in [-0.05, 0) is 43.7 Å². The van der Waals surface area contributed by atoms with Gasteiger partial charge in [0.05, 0.1) is 0 Å². The molecule has 1 aromatic carbocycles. The Hall–Kier alpha value is -1.43. The van der Waals surface area contributed by atoms with Crippen LogP contribution in [0.5, 0.6) is 0 Å². The minimum Gasteiger partial charge on any atom is -0.396 e. The van der Waals surface area contributed by atoms with E-state index in [4.69, 9.17) is 5.11 Å². The summed E-state index contributed by atoms with van der Waals surface area (Å²) in [6.45, 7) is 8.15. The lowest BCUT2D eigenvalue weighted by atomic mass is 9.93. The molecule has 1 aromatic rings. The van der Waals surface area contributed by atoms with E-state index < -0.39 is 0 Å². The van der Waals surface area contributed by atoms with Crippen LogP contribution in [0.2, 0.25) is 0 Å². The van der Waals surface area contributed by atoms with Crippen LogP contribution in [0.4, 0.5) is 0 Å². The number of aliphatic hydroxyl groups is 1. The highest BCUT2D eigenvalue weighted by molar-refractivity contribution is 5.76. The van der Waals surface area contributed by atoms with Crippen LogP contribution in [-0.2, 0) is 11.3 Å². The number of piperidine rings is 1. The van der Waals surface area contributed by atoms with Crippen LogP contribution in [-0.4, -0.2) is 78.1 Å². The summed E-state index contributed by atoms with van der Waals surface area (Å²) in [5.74, 6) is 0.975. The number of nitrogens with zero attached hydrogens (tertiary/aromatic N) is 3. The topological polar surface area (TPSA) is 47.0 Å². The van der Waals surface area contributed by atoms with Crippen molar-refractivity contribution in [2.45, 2.75) is 38.6 Å². The zero-order chi connectivity index (χ0) is 18.9. The van der Waals surface area contributed by atoms with Crippen molar-refractivity contribution in [3.63, 3.8) is 0 Å². The second-order valence-electron chi connectivity index (χ2n) is 8.07. The Balaban J connectivity index is 1.34. The number of carbonyl (C=O) groups excluding carboxylic acids is 1. The maximum Gasteiger partial charge on any atom is 0.222 e. The van der Waals surface area contributed by atoms with Gasteiger partial charge < -0.3 is 14.9 Å². The number of carbonyl (C=O) groups is 1. The maximum absolute atomic E-state index is 12.6. The number of likely N-dealkylation sites (tertiary alicyclic amines) is 1.